The van der Waals surface area contributed by atoms with E-state index < -0.39 is 0 Å². The second-order valence-electron chi connectivity index (χ2n) is 7.02. The molecule has 26 heavy (non-hydrogen) atoms. The highest BCUT2D eigenvalue weighted by atomic mass is 16.5. The van der Waals surface area contributed by atoms with Crippen LogP contribution in [0.1, 0.15) is 48.4 Å². The van der Waals surface area contributed by atoms with Crippen LogP contribution in [-0.2, 0) is 17.6 Å². The zero-order valence-corrected chi connectivity index (χ0v) is 15.3. The van der Waals surface area contributed by atoms with Crippen molar-refractivity contribution in [2.45, 2.75) is 39.0 Å². The Morgan fingerprint density at radius 2 is 2.00 bits per heavy atom. The van der Waals surface area contributed by atoms with Gasteiger partial charge in [-0.05, 0) is 53.2 Å². The van der Waals surface area contributed by atoms with Gasteiger partial charge in [0.15, 0.2) is 0 Å². The van der Waals surface area contributed by atoms with E-state index in [0.29, 0.717) is 13.0 Å². The minimum atomic E-state index is 0.147. The van der Waals surface area contributed by atoms with Crippen LogP contribution in [0.15, 0.2) is 42.5 Å². The van der Waals surface area contributed by atoms with Gasteiger partial charge >= 0.3 is 0 Å². The topological polar surface area (TPSA) is 38.3 Å². The molecule has 1 aliphatic carbocycles. The molecule has 2 aromatic rings. The average molecular weight is 347 g/mol. The second-order valence-corrected chi connectivity index (χ2v) is 7.02. The molecule has 1 amide bonds. The van der Waals surface area contributed by atoms with Crippen LogP contribution in [-0.4, -0.2) is 19.1 Å². The zero-order chi connectivity index (χ0) is 17.9. The molecule has 134 valence electrons. The van der Waals surface area contributed by atoms with E-state index in [1.54, 1.807) is 0 Å². The SMILES string of the molecule is CCCC(=O)NCCC1=C(c2ccccc2)Cc2ccc3c(c21)CCO3. The van der Waals surface area contributed by atoms with Gasteiger partial charge < -0.3 is 10.1 Å². The van der Waals surface area contributed by atoms with Crippen molar-refractivity contribution < 1.29 is 9.53 Å². The number of hydrogen-bond acceptors (Lipinski definition) is 2. The van der Waals surface area contributed by atoms with Crippen molar-refractivity contribution in [1.82, 2.24) is 5.32 Å². The number of carbonyl (C=O) groups excluding carboxylic acids is 1. The molecular formula is C23H25NO2. The molecule has 1 aliphatic heterocycles. The van der Waals surface area contributed by atoms with Crippen LogP contribution in [0.3, 0.4) is 0 Å². The largest absolute Gasteiger partial charge is 0.493 e. The average Bonchev–Trinajstić information content (AvgIpc) is 3.27. The van der Waals surface area contributed by atoms with Gasteiger partial charge in [-0.1, -0.05) is 43.3 Å². The van der Waals surface area contributed by atoms with E-state index in [1.807, 2.05) is 6.92 Å². The Hall–Kier alpha value is -2.55. The molecule has 2 aliphatic rings. The van der Waals surface area contributed by atoms with Gasteiger partial charge in [0.25, 0.3) is 0 Å². The molecule has 0 unspecified atom stereocenters. The van der Waals surface area contributed by atoms with E-state index in [-0.39, 0.29) is 5.91 Å². The van der Waals surface area contributed by atoms with Crippen molar-refractivity contribution in [1.29, 1.82) is 0 Å². The first kappa shape index (κ1) is 16.9. The van der Waals surface area contributed by atoms with Crippen LogP contribution in [0.25, 0.3) is 11.1 Å². The molecule has 0 saturated heterocycles. The minimum absolute atomic E-state index is 0.147. The van der Waals surface area contributed by atoms with Crippen molar-refractivity contribution in [2.75, 3.05) is 13.2 Å². The Morgan fingerprint density at radius 3 is 2.81 bits per heavy atom. The number of hydrogen-bond donors (Lipinski definition) is 1. The highest BCUT2D eigenvalue weighted by Crippen LogP contribution is 2.45. The van der Waals surface area contributed by atoms with Crippen LogP contribution >= 0.6 is 0 Å². The van der Waals surface area contributed by atoms with Crippen molar-refractivity contribution in [3.63, 3.8) is 0 Å². The van der Waals surface area contributed by atoms with Gasteiger partial charge in [0, 0.05) is 24.9 Å². The Morgan fingerprint density at radius 1 is 1.15 bits per heavy atom. The first-order valence-electron chi connectivity index (χ1n) is 9.60. The zero-order valence-electron chi connectivity index (χ0n) is 15.3. The van der Waals surface area contributed by atoms with E-state index in [9.17, 15) is 4.79 Å². The number of rotatable bonds is 6. The number of ether oxygens (including phenoxy) is 1. The molecule has 3 nitrogen and oxygen atoms in total. The van der Waals surface area contributed by atoms with E-state index in [2.05, 4.69) is 47.8 Å². The fourth-order valence-electron chi connectivity index (χ4n) is 4.13. The third kappa shape index (κ3) is 3.14. The molecule has 3 heteroatoms. The summed E-state index contributed by atoms with van der Waals surface area (Å²) < 4.78 is 5.80. The summed E-state index contributed by atoms with van der Waals surface area (Å²) in [6, 6.07) is 15.0. The Kier molecular flexibility index (Phi) is 4.79. The number of carbonyl (C=O) groups is 1. The minimum Gasteiger partial charge on any atom is -0.493 e. The van der Waals surface area contributed by atoms with Crippen LogP contribution in [0.4, 0.5) is 0 Å². The third-order valence-corrected chi connectivity index (χ3v) is 5.30. The fraction of sp³-hybridized carbons (Fsp3) is 0.348. The van der Waals surface area contributed by atoms with Gasteiger partial charge in [-0.2, -0.15) is 0 Å². The summed E-state index contributed by atoms with van der Waals surface area (Å²) in [7, 11) is 0. The van der Waals surface area contributed by atoms with Gasteiger partial charge in [0.1, 0.15) is 5.75 Å². The lowest BCUT2D eigenvalue weighted by molar-refractivity contribution is -0.121. The summed E-state index contributed by atoms with van der Waals surface area (Å²) in [5, 5.41) is 3.08. The monoisotopic (exact) mass is 347 g/mol. The molecule has 2 aromatic carbocycles. The maximum absolute atomic E-state index is 11.9. The number of allylic oxidation sites excluding steroid dienone is 1. The lowest BCUT2D eigenvalue weighted by Gasteiger charge is -2.13. The number of amides is 1. The number of benzene rings is 2. The maximum atomic E-state index is 11.9. The third-order valence-electron chi connectivity index (χ3n) is 5.30. The summed E-state index contributed by atoms with van der Waals surface area (Å²) in [6.07, 6.45) is 4.29. The van der Waals surface area contributed by atoms with Crippen molar-refractivity contribution >= 4 is 17.1 Å². The molecule has 0 bridgehead atoms. The van der Waals surface area contributed by atoms with Crippen molar-refractivity contribution in [2.24, 2.45) is 0 Å². The molecule has 1 N–H and O–H groups in total. The summed E-state index contributed by atoms with van der Waals surface area (Å²) in [4.78, 5) is 11.9. The lowest BCUT2D eigenvalue weighted by atomic mass is 9.94. The molecule has 0 radical (unpaired) electrons. The van der Waals surface area contributed by atoms with Crippen LogP contribution in [0.2, 0.25) is 0 Å². The molecular weight excluding hydrogens is 322 g/mol. The van der Waals surface area contributed by atoms with E-state index in [0.717, 1.165) is 38.0 Å². The predicted molar refractivity (Wildman–Crippen MR) is 105 cm³/mol. The first-order chi connectivity index (χ1) is 12.8. The summed E-state index contributed by atoms with van der Waals surface area (Å²) >= 11 is 0. The predicted octanol–water partition coefficient (Wildman–Crippen LogP) is 4.39. The fourth-order valence-corrected chi connectivity index (χ4v) is 4.13. The van der Waals surface area contributed by atoms with Gasteiger partial charge in [-0.15, -0.1) is 0 Å². The molecule has 0 spiro atoms. The smallest absolute Gasteiger partial charge is 0.219 e. The lowest BCUT2D eigenvalue weighted by Crippen LogP contribution is -2.24. The van der Waals surface area contributed by atoms with Crippen molar-refractivity contribution in [3.8, 4) is 5.75 Å². The highest BCUT2D eigenvalue weighted by Gasteiger charge is 2.28. The Bertz CT molecular complexity index is 852. The van der Waals surface area contributed by atoms with E-state index >= 15 is 0 Å². The molecule has 1 heterocycles. The first-order valence-corrected chi connectivity index (χ1v) is 9.60. The standard InChI is InChI=1S/C23H25NO2/c1-2-6-22(25)24-13-11-18-20(16-7-4-3-5-8-16)15-17-9-10-21-19(23(17)18)12-14-26-21/h3-5,7-10H,2,6,11-15H2,1H3,(H,24,25). The van der Waals surface area contributed by atoms with Gasteiger partial charge in [-0.3, -0.25) is 4.79 Å². The van der Waals surface area contributed by atoms with Crippen LogP contribution in [0.5, 0.6) is 5.75 Å². The Balaban J connectivity index is 1.68. The van der Waals surface area contributed by atoms with Gasteiger partial charge in [-0.25, -0.2) is 0 Å². The van der Waals surface area contributed by atoms with Crippen LogP contribution in [0, 0.1) is 0 Å². The maximum Gasteiger partial charge on any atom is 0.219 e. The van der Waals surface area contributed by atoms with Crippen LogP contribution < -0.4 is 10.1 Å². The molecule has 0 atom stereocenters. The Labute approximate surface area is 155 Å². The summed E-state index contributed by atoms with van der Waals surface area (Å²) in [5.74, 6) is 1.18. The molecule has 0 fully saturated rings. The molecule has 0 aromatic heterocycles. The summed E-state index contributed by atoms with van der Waals surface area (Å²) in [6.45, 7) is 3.49. The number of nitrogens with one attached hydrogen (secondary N) is 1. The normalized spacial score (nSPS) is 14.8. The number of fused-ring (bicyclic) bond motifs is 3. The van der Waals surface area contributed by atoms with E-state index in [1.165, 1.54) is 33.4 Å². The quantitative estimate of drug-likeness (QED) is 0.841. The van der Waals surface area contributed by atoms with Gasteiger partial charge in [0.2, 0.25) is 5.91 Å². The molecule has 4 rings (SSSR count). The summed E-state index contributed by atoms with van der Waals surface area (Å²) in [5.41, 5.74) is 8.18. The second kappa shape index (κ2) is 7.36. The highest BCUT2D eigenvalue weighted by molar-refractivity contribution is 5.98. The van der Waals surface area contributed by atoms with Crippen molar-refractivity contribution in [3.05, 3.63) is 64.7 Å². The molecule has 0 saturated carbocycles. The van der Waals surface area contributed by atoms with Gasteiger partial charge in [0.05, 0.1) is 6.61 Å². The van der Waals surface area contributed by atoms with E-state index in [4.69, 9.17) is 4.74 Å².